The first-order chi connectivity index (χ1) is 18.0. The Bertz CT molecular complexity index is 908. The Morgan fingerprint density at radius 1 is 0.811 bits per heavy atom. The number of aromatic nitrogens is 4. The third kappa shape index (κ3) is 11.6. The van der Waals surface area contributed by atoms with Crippen LogP contribution >= 0.6 is 11.6 Å². The van der Waals surface area contributed by atoms with Crippen molar-refractivity contribution in [2.24, 2.45) is 17.5 Å². The molecule has 2 aliphatic rings. The van der Waals surface area contributed by atoms with Gasteiger partial charge >= 0.3 is 0 Å². The molecule has 2 saturated heterocycles. The first-order valence-corrected chi connectivity index (χ1v) is 12.0. The van der Waals surface area contributed by atoms with Crippen molar-refractivity contribution >= 4 is 29.2 Å². The summed E-state index contributed by atoms with van der Waals surface area (Å²) in [7, 11) is 0. The first-order valence-electron chi connectivity index (χ1n) is 11.6. The Balaban J connectivity index is 0.000000244. The average molecular weight is 549 g/mol. The molecule has 208 valence electrons. The van der Waals surface area contributed by atoms with Crippen LogP contribution in [0.4, 0.5) is 26.4 Å². The van der Waals surface area contributed by atoms with Crippen LogP contribution < -0.4 is 33.6 Å². The molecule has 4 heterocycles. The van der Waals surface area contributed by atoms with Crippen molar-refractivity contribution in [3.8, 4) is 0 Å². The van der Waals surface area contributed by atoms with Crippen LogP contribution in [0.1, 0.15) is 0 Å². The van der Waals surface area contributed by atoms with Crippen molar-refractivity contribution in [1.82, 2.24) is 29.7 Å². The molecule has 2 aromatic rings. The van der Waals surface area contributed by atoms with Crippen LogP contribution in [0, 0.1) is 11.6 Å². The summed E-state index contributed by atoms with van der Waals surface area (Å²) in [5.41, 5.74) is 2.28. The normalized spacial score (nSPS) is 16.1. The van der Waals surface area contributed by atoms with Crippen LogP contribution in [-0.2, 0) is 9.47 Å². The molecule has 37 heavy (non-hydrogen) atoms. The summed E-state index contributed by atoms with van der Waals surface area (Å²) in [6, 6.07) is 0. The molecule has 0 radical (unpaired) electrons. The maximum atomic E-state index is 13.4. The van der Waals surface area contributed by atoms with Gasteiger partial charge in [-0.05, 0) is 11.6 Å². The fourth-order valence-electron chi connectivity index (χ4n) is 3.34. The van der Waals surface area contributed by atoms with E-state index in [1.807, 2.05) is 0 Å². The number of halogens is 3. The standard InChI is InChI=1S/C10H14ClFN4O.C10H17FN6O.H4N2/c11-10-14-7-8(12)9(15-10)13-1-2-16-3-5-17-6-4-16;11-8-7-14-10(16-12)15-9(8)13-1-2-17-3-5-18-6-4-17;1-2/h7H,1-6H2,(H,13,14,15);7H,1-6,12H2,(H2,13,14,15,16);1-2H2. The summed E-state index contributed by atoms with van der Waals surface area (Å²) < 4.78 is 37.1. The molecule has 0 unspecified atom stereocenters. The molecule has 0 saturated carbocycles. The highest BCUT2D eigenvalue weighted by molar-refractivity contribution is 6.28. The van der Waals surface area contributed by atoms with E-state index in [0.29, 0.717) is 13.1 Å². The van der Waals surface area contributed by atoms with Crippen LogP contribution in [-0.4, -0.2) is 109 Å². The van der Waals surface area contributed by atoms with Gasteiger partial charge in [0.1, 0.15) is 0 Å². The van der Waals surface area contributed by atoms with E-state index >= 15 is 0 Å². The highest BCUT2D eigenvalue weighted by Crippen LogP contribution is 2.12. The molecular weight excluding hydrogens is 514 g/mol. The topological polar surface area (TPSA) is 191 Å². The SMILES string of the molecule is Fc1cnc(Cl)nc1NCCN1CCOCC1.NN.NNc1ncc(F)c(NCCN2CCOCC2)n1. The molecule has 0 bridgehead atoms. The molecule has 0 atom stereocenters. The molecule has 0 spiro atoms. The fourth-order valence-corrected chi connectivity index (χ4v) is 3.48. The lowest BCUT2D eigenvalue weighted by atomic mass is 10.4. The van der Waals surface area contributed by atoms with Gasteiger partial charge in [0.15, 0.2) is 23.3 Å². The zero-order valence-corrected chi connectivity index (χ0v) is 21.3. The summed E-state index contributed by atoms with van der Waals surface area (Å²) in [5, 5.41) is 5.88. The van der Waals surface area contributed by atoms with Gasteiger partial charge in [-0.2, -0.15) is 9.97 Å². The second-order valence-corrected chi connectivity index (χ2v) is 7.97. The quantitative estimate of drug-likeness (QED) is 0.133. The number of hydrazine groups is 2. The van der Waals surface area contributed by atoms with Gasteiger partial charge in [0.25, 0.3) is 0 Å². The number of morpholine rings is 2. The second-order valence-electron chi connectivity index (χ2n) is 7.63. The fraction of sp³-hybridized carbons (Fsp3) is 0.600. The van der Waals surface area contributed by atoms with Crippen molar-refractivity contribution in [3.63, 3.8) is 0 Å². The van der Waals surface area contributed by atoms with Crippen LogP contribution in [0.2, 0.25) is 5.28 Å². The minimum Gasteiger partial charge on any atom is -0.379 e. The van der Waals surface area contributed by atoms with E-state index in [9.17, 15) is 8.78 Å². The molecule has 0 aromatic carbocycles. The summed E-state index contributed by atoms with van der Waals surface area (Å²) in [5.74, 6) is 12.7. The zero-order valence-electron chi connectivity index (χ0n) is 20.5. The molecule has 17 heteroatoms. The minimum atomic E-state index is -0.490. The molecule has 4 rings (SSSR count). The third-order valence-electron chi connectivity index (χ3n) is 5.24. The lowest BCUT2D eigenvalue weighted by Crippen LogP contribution is -2.39. The van der Waals surface area contributed by atoms with E-state index in [4.69, 9.17) is 26.9 Å². The number of anilines is 3. The van der Waals surface area contributed by atoms with Gasteiger partial charge in [-0.3, -0.25) is 26.9 Å². The lowest BCUT2D eigenvalue weighted by molar-refractivity contribution is 0.0398. The summed E-state index contributed by atoms with van der Waals surface area (Å²) in [6.07, 6.45) is 2.14. The van der Waals surface area contributed by atoms with Crippen LogP contribution in [0.25, 0.3) is 0 Å². The number of nitrogens with zero attached hydrogens (tertiary/aromatic N) is 6. The van der Waals surface area contributed by atoms with Gasteiger partial charge in [-0.1, -0.05) is 0 Å². The number of rotatable bonds is 9. The molecule has 0 amide bonds. The summed E-state index contributed by atoms with van der Waals surface area (Å²) in [6.45, 7) is 9.52. The van der Waals surface area contributed by atoms with Crippen LogP contribution in [0.5, 0.6) is 0 Å². The van der Waals surface area contributed by atoms with Gasteiger partial charge in [0.2, 0.25) is 11.2 Å². The van der Waals surface area contributed by atoms with Crippen LogP contribution in [0.15, 0.2) is 12.4 Å². The van der Waals surface area contributed by atoms with Gasteiger partial charge in [0.05, 0.1) is 38.8 Å². The van der Waals surface area contributed by atoms with Crippen molar-refractivity contribution in [2.75, 3.05) is 94.8 Å². The first kappa shape index (κ1) is 30.7. The predicted octanol–water partition coefficient (Wildman–Crippen LogP) is -0.523. The van der Waals surface area contributed by atoms with E-state index in [2.05, 4.69) is 57.5 Å². The number of nitrogens with one attached hydrogen (secondary N) is 3. The Morgan fingerprint density at radius 3 is 1.76 bits per heavy atom. The molecular formula is C20H35ClF2N12O2. The van der Waals surface area contributed by atoms with Gasteiger partial charge in [-0.25, -0.2) is 24.6 Å². The maximum Gasteiger partial charge on any atom is 0.239 e. The highest BCUT2D eigenvalue weighted by Gasteiger charge is 2.12. The molecule has 9 N–H and O–H groups in total. The molecule has 2 aromatic heterocycles. The largest absolute Gasteiger partial charge is 0.379 e. The highest BCUT2D eigenvalue weighted by atomic mass is 35.5. The van der Waals surface area contributed by atoms with Crippen molar-refractivity contribution in [2.45, 2.75) is 0 Å². The van der Waals surface area contributed by atoms with E-state index in [-0.39, 0.29) is 22.9 Å². The number of nitrogen functional groups attached to an aromatic ring is 1. The Kier molecular flexibility index (Phi) is 14.8. The van der Waals surface area contributed by atoms with Crippen molar-refractivity contribution in [3.05, 3.63) is 29.3 Å². The van der Waals surface area contributed by atoms with Gasteiger partial charge in [0, 0.05) is 52.4 Å². The van der Waals surface area contributed by atoms with Gasteiger partial charge in [-0.15, -0.1) is 0 Å². The number of hydrogen-bond donors (Lipinski definition) is 6. The van der Waals surface area contributed by atoms with E-state index < -0.39 is 11.6 Å². The molecule has 2 aliphatic heterocycles. The Labute approximate surface area is 219 Å². The molecule has 14 nitrogen and oxygen atoms in total. The van der Waals surface area contributed by atoms with E-state index in [0.717, 1.165) is 78.1 Å². The van der Waals surface area contributed by atoms with E-state index in [1.54, 1.807) is 0 Å². The van der Waals surface area contributed by atoms with Crippen LogP contribution in [0.3, 0.4) is 0 Å². The third-order valence-corrected chi connectivity index (χ3v) is 5.42. The lowest BCUT2D eigenvalue weighted by Gasteiger charge is -2.26. The second kappa shape index (κ2) is 17.8. The Hall–Kier alpha value is -2.57. The zero-order chi connectivity index (χ0) is 26.9. The smallest absolute Gasteiger partial charge is 0.239 e. The summed E-state index contributed by atoms with van der Waals surface area (Å²) >= 11 is 5.59. The number of nitrogens with two attached hydrogens (primary N) is 3. The van der Waals surface area contributed by atoms with Gasteiger partial charge < -0.3 is 20.1 Å². The molecule has 2 fully saturated rings. The number of ether oxygens (including phenoxy) is 2. The predicted molar refractivity (Wildman–Crippen MR) is 137 cm³/mol. The average Bonchev–Trinajstić information content (AvgIpc) is 2.94. The minimum absolute atomic E-state index is 0.0419. The number of hydrogen-bond acceptors (Lipinski definition) is 14. The van der Waals surface area contributed by atoms with Crippen molar-refractivity contribution in [1.29, 1.82) is 0 Å². The summed E-state index contributed by atoms with van der Waals surface area (Å²) in [4.78, 5) is 19.4. The monoisotopic (exact) mass is 548 g/mol. The van der Waals surface area contributed by atoms with Crippen molar-refractivity contribution < 1.29 is 18.3 Å². The van der Waals surface area contributed by atoms with E-state index in [1.165, 1.54) is 0 Å². The molecule has 0 aliphatic carbocycles. The Morgan fingerprint density at radius 2 is 1.27 bits per heavy atom. The maximum absolute atomic E-state index is 13.4.